The number of hydrogen-bond donors (Lipinski definition) is 5. The maximum atomic E-state index is 12.2. The molecule has 5 N–H and O–H groups in total. The molecule has 2 aromatic carbocycles. The zero-order chi connectivity index (χ0) is 26.5. The molecule has 200 valence electrons. The van der Waals surface area contributed by atoms with Crippen molar-refractivity contribution in [2.24, 2.45) is 0 Å². The minimum Gasteiger partial charge on any atom is -0.465 e. The number of nitrogens with zero attached hydrogens (tertiary/aromatic N) is 4. The van der Waals surface area contributed by atoms with Crippen LogP contribution >= 0.6 is 0 Å². The second-order valence-electron chi connectivity index (χ2n) is 9.54. The molecule has 0 aliphatic carbocycles. The summed E-state index contributed by atoms with van der Waals surface area (Å²) in [5.41, 5.74) is 0.760. The Morgan fingerprint density at radius 3 is 2.16 bits per heavy atom. The molecular formula is C26H32N8O4. The molecule has 0 saturated carbocycles. The fourth-order valence-electron chi connectivity index (χ4n) is 4.76. The number of benzene rings is 1. The van der Waals surface area contributed by atoms with Gasteiger partial charge in [-0.05, 0) is 43.4 Å². The number of hydrogen-bond acceptors (Lipinski definition) is 10. The minimum absolute atomic E-state index is 0.181. The molecule has 0 spiro atoms. The zero-order valence-electron chi connectivity index (χ0n) is 21.1. The van der Waals surface area contributed by atoms with Crippen LogP contribution in [0.2, 0.25) is 0 Å². The number of carbonyl (C=O) groups is 1. The highest BCUT2D eigenvalue weighted by atomic mass is 16.4. The number of carboxylic acid groups (broad SMARTS) is 1. The predicted molar refractivity (Wildman–Crippen MR) is 148 cm³/mol. The third-order valence-corrected chi connectivity index (χ3v) is 6.83. The summed E-state index contributed by atoms with van der Waals surface area (Å²) in [5.74, 6) is 2.43. The first kappa shape index (κ1) is 25.3. The highest BCUT2D eigenvalue weighted by molar-refractivity contribution is 5.78. The van der Waals surface area contributed by atoms with Crippen molar-refractivity contribution in [1.29, 1.82) is 0 Å². The van der Waals surface area contributed by atoms with Crippen molar-refractivity contribution in [3.8, 4) is 0 Å². The molecule has 2 fully saturated rings. The first-order valence-electron chi connectivity index (χ1n) is 13.0. The first-order valence-corrected chi connectivity index (χ1v) is 13.0. The molecule has 0 unspecified atom stereocenters. The molecule has 2 saturated heterocycles. The monoisotopic (exact) mass is 520 g/mol. The van der Waals surface area contributed by atoms with Crippen LogP contribution in [0.4, 0.5) is 39.4 Å². The van der Waals surface area contributed by atoms with E-state index in [2.05, 4.69) is 31.1 Å². The summed E-state index contributed by atoms with van der Waals surface area (Å²) in [6.45, 7) is 5.03. The summed E-state index contributed by atoms with van der Waals surface area (Å²) < 4.78 is 0. The van der Waals surface area contributed by atoms with Gasteiger partial charge >= 0.3 is 6.09 Å². The minimum atomic E-state index is -1.10. The topological polar surface area (TPSA) is 152 Å². The van der Waals surface area contributed by atoms with E-state index in [9.17, 15) is 14.4 Å². The van der Waals surface area contributed by atoms with E-state index in [0.717, 1.165) is 62.2 Å². The molecule has 3 aromatic rings. The van der Waals surface area contributed by atoms with Gasteiger partial charge in [0.15, 0.2) is 0 Å². The molecule has 5 rings (SSSR count). The second kappa shape index (κ2) is 11.4. The smallest absolute Gasteiger partial charge is 0.404 e. The number of aromatic nitrogens is 2. The fourth-order valence-corrected chi connectivity index (χ4v) is 4.76. The molecule has 2 aliphatic rings. The lowest BCUT2D eigenvalue weighted by Crippen LogP contribution is -2.37. The lowest BCUT2D eigenvalue weighted by atomic mass is 10.1. The van der Waals surface area contributed by atoms with Gasteiger partial charge in [0.1, 0.15) is 23.0 Å². The second-order valence-corrected chi connectivity index (χ2v) is 9.54. The van der Waals surface area contributed by atoms with Crippen molar-refractivity contribution in [3.05, 3.63) is 56.3 Å². The Labute approximate surface area is 219 Å². The van der Waals surface area contributed by atoms with Crippen LogP contribution in [0.5, 0.6) is 0 Å². The van der Waals surface area contributed by atoms with Gasteiger partial charge in [-0.1, -0.05) is 12.1 Å². The van der Waals surface area contributed by atoms with E-state index < -0.39 is 17.0 Å². The Morgan fingerprint density at radius 1 is 0.842 bits per heavy atom. The summed E-state index contributed by atoms with van der Waals surface area (Å²) in [4.78, 5) is 49.1. The third-order valence-electron chi connectivity index (χ3n) is 6.83. The van der Waals surface area contributed by atoms with Gasteiger partial charge in [0.05, 0.1) is 0 Å². The molecule has 0 radical (unpaired) electrons. The molecule has 1 aromatic heterocycles. The highest BCUT2D eigenvalue weighted by Gasteiger charge is 2.22. The molecule has 0 bridgehead atoms. The van der Waals surface area contributed by atoms with Crippen LogP contribution in [0.15, 0.2) is 39.9 Å². The van der Waals surface area contributed by atoms with Gasteiger partial charge in [0.2, 0.25) is 5.95 Å². The maximum Gasteiger partial charge on any atom is 0.404 e. The van der Waals surface area contributed by atoms with Gasteiger partial charge in [-0.2, -0.15) is 9.97 Å². The van der Waals surface area contributed by atoms with E-state index in [-0.39, 0.29) is 17.9 Å². The van der Waals surface area contributed by atoms with E-state index in [1.165, 1.54) is 12.8 Å². The molecule has 3 heterocycles. The molecule has 2 aliphatic heterocycles. The van der Waals surface area contributed by atoms with Gasteiger partial charge < -0.3 is 36.2 Å². The third kappa shape index (κ3) is 5.79. The van der Waals surface area contributed by atoms with E-state index in [1.54, 1.807) is 24.3 Å². The number of amides is 1. The van der Waals surface area contributed by atoms with Crippen LogP contribution < -0.4 is 41.9 Å². The molecular weight excluding hydrogens is 488 g/mol. The van der Waals surface area contributed by atoms with E-state index in [1.807, 2.05) is 6.07 Å². The number of rotatable bonds is 11. The average Bonchev–Trinajstić information content (AvgIpc) is 3.66. The first-order chi connectivity index (χ1) is 18.5. The standard InChI is InChI=1S/C26H32N8O4/c35-23-21(22(24(23)36)30-18-7-5-17(6-8-18)16-29-26(37)38)28-10-9-27-19-15-20(33-11-1-2-12-33)32-25(31-19)34-13-3-4-14-34/h5-8,15,28-30H,1-4,9-14,16H2,(H,37,38)(H,27,31,32). The fraction of sp³-hybridized carbons (Fsp3) is 0.423. The Hall–Kier alpha value is -4.35. The van der Waals surface area contributed by atoms with Gasteiger partial charge in [-0.15, -0.1) is 0 Å². The quantitative estimate of drug-likeness (QED) is 0.187. The normalized spacial score (nSPS) is 15.2. The van der Waals surface area contributed by atoms with Crippen LogP contribution in [0.3, 0.4) is 0 Å². The van der Waals surface area contributed by atoms with Gasteiger partial charge in [-0.25, -0.2) is 4.79 Å². The van der Waals surface area contributed by atoms with Gasteiger partial charge in [0, 0.05) is 57.6 Å². The van der Waals surface area contributed by atoms with Crippen molar-refractivity contribution in [2.45, 2.75) is 32.2 Å². The van der Waals surface area contributed by atoms with Crippen molar-refractivity contribution in [1.82, 2.24) is 15.3 Å². The summed E-state index contributed by atoms with van der Waals surface area (Å²) in [6.07, 6.45) is 3.53. The SMILES string of the molecule is O=C(O)NCc1ccc(Nc2c(NCCNc3cc(N4CCCC4)nc(N4CCCC4)n3)c(=O)c2=O)cc1. The largest absolute Gasteiger partial charge is 0.465 e. The van der Waals surface area contributed by atoms with E-state index in [4.69, 9.17) is 15.1 Å². The van der Waals surface area contributed by atoms with Crippen molar-refractivity contribution >= 4 is 40.7 Å². The molecule has 1 amide bonds. The maximum absolute atomic E-state index is 12.2. The zero-order valence-corrected chi connectivity index (χ0v) is 21.1. The Balaban J connectivity index is 1.18. The summed E-state index contributed by atoms with van der Waals surface area (Å²) >= 11 is 0. The molecule has 12 heteroatoms. The Bertz CT molecular complexity index is 1310. The highest BCUT2D eigenvalue weighted by Crippen LogP contribution is 2.26. The summed E-state index contributed by atoms with van der Waals surface area (Å²) in [5, 5.41) is 20.4. The lowest BCUT2D eigenvalue weighted by molar-refractivity contribution is 0.194. The Morgan fingerprint density at radius 2 is 1.47 bits per heavy atom. The van der Waals surface area contributed by atoms with Crippen LogP contribution in [-0.4, -0.2) is 60.4 Å². The molecule has 12 nitrogen and oxygen atoms in total. The van der Waals surface area contributed by atoms with Crippen LogP contribution in [0, 0.1) is 0 Å². The number of anilines is 6. The molecule has 38 heavy (non-hydrogen) atoms. The van der Waals surface area contributed by atoms with Crippen molar-refractivity contribution in [2.75, 3.05) is 65.0 Å². The van der Waals surface area contributed by atoms with Crippen molar-refractivity contribution in [3.63, 3.8) is 0 Å². The van der Waals surface area contributed by atoms with E-state index in [0.29, 0.717) is 18.8 Å². The van der Waals surface area contributed by atoms with Crippen LogP contribution in [0.1, 0.15) is 31.2 Å². The van der Waals surface area contributed by atoms with Crippen LogP contribution in [-0.2, 0) is 6.54 Å². The predicted octanol–water partition coefficient (Wildman–Crippen LogP) is 2.31. The van der Waals surface area contributed by atoms with Gasteiger partial charge in [-0.3, -0.25) is 9.59 Å². The molecule has 0 atom stereocenters. The summed E-state index contributed by atoms with van der Waals surface area (Å²) in [7, 11) is 0. The summed E-state index contributed by atoms with van der Waals surface area (Å²) in [6, 6.07) is 8.92. The Kier molecular flexibility index (Phi) is 7.57. The average molecular weight is 521 g/mol. The van der Waals surface area contributed by atoms with Gasteiger partial charge in [0.25, 0.3) is 10.9 Å². The van der Waals surface area contributed by atoms with Crippen molar-refractivity contribution < 1.29 is 9.90 Å². The van der Waals surface area contributed by atoms with Crippen LogP contribution in [0.25, 0.3) is 0 Å². The number of nitrogens with one attached hydrogen (secondary N) is 4. The lowest BCUT2D eigenvalue weighted by Gasteiger charge is -2.22. The van der Waals surface area contributed by atoms with E-state index >= 15 is 0 Å².